The second kappa shape index (κ2) is 9.28. The fourth-order valence-electron chi connectivity index (χ4n) is 3.27. The molecule has 4 aromatic rings. The maximum absolute atomic E-state index is 12.9. The van der Waals surface area contributed by atoms with E-state index >= 15 is 0 Å². The van der Waals surface area contributed by atoms with Crippen LogP contribution in [0.3, 0.4) is 0 Å². The number of hydrogen-bond acceptors (Lipinski definition) is 5. The molecule has 0 spiro atoms. The molecule has 6 nitrogen and oxygen atoms in total. The Bertz CT molecular complexity index is 1250. The number of phenols is 1. The number of nitrogens with zero attached hydrogens (tertiary/aromatic N) is 3. The minimum absolute atomic E-state index is 0.119. The molecule has 1 amide bonds. The van der Waals surface area contributed by atoms with E-state index < -0.39 is 5.25 Å². The number of anilines is 1. The van der Waals surface area contributed by atoms with E-state index in [0.717, 1.165) is 22.5 Å². The number of phenolic OH excluding ortho intramolecular Hbond substituents is 1. The number of rotatable bonds is 6. The third kappa shape index (κ3) is 4.53. The van der Waals surface area contributed by atoms with Gasteiger partial charge in [-0.05, 0) is 56.7 Å². The lowest BCUT2D eigenvalue weighted by Gasteiger charge is -2.15. The molecule has 0 aliphatic heterocycles. The highest BCUT2D eigenvalue weighted by Gasteiger charge is 2.23. The van der Waals surface area contributed by atoms with Gasteiger partial charge in [-0.3, -0.25) is 9.36 Å². The van der Waals surface area contributed by atoms with Crippen molar-refractivity contribution in [2.75, 3.05) is 5.32 Å². The molecule has 0 radical (unpaired) electrons. The van der Waals surface area contributed by atoms with Crippen molar-refractivity contribution in [3.8, 4) is 22.8 Å². The zero-order valence-electron chi connectivity index (χ0n) is 18.1. The van der Waals surface area contributed by atoms with Crippen LogP contribution in [0.1, 0.15) is 18.1 Å². The number of aromatic nitrogens is 3. The van der Waals surface area contributed by atoms with Crippen LogP contribution < -0.4 is 5.32 Å². The summed E-state index contributed by atoms with van der Waals surface area (Å²) in [5.74, 6) is 0.517. The maximum Gasteiger partial charge on any atom is 0.237 e. The molecule has 0 aliphatic rings. The van der Waals surface area contributed by atoms with Crippen LogP contribution >= 0.6 is 11.8 Å². The molecule has 1 heterocycles. The molecule has 0 saturated carbocycles. The molecule has 0 unspecified atom stereocenters. The van der Waals surface area contributed by atoms with E-state index in [-0.39, 0.29) is 11.7 Å². The summed E-state index contributed by atoms with van der Waals surface area (Å²) >= 11 is 1.32. The quantitative estimate of drug-likeness (QED) is 0.391. The predicted molar refractivity (Wildman–Crippen MR) is 128 cm³/mol. The third-order valence-corrected chi connectivity index (χ3v) is 6.17. The summed E-state index contributed by atoms with van der Waals surface area (Å²) in [5, 5.41) is 22.3. The summed E-state index contributed by atoms with van der Waals surface area (Å²) < 4.78 is 1.87. The lowest BCUT2D eigenvalue weighted by Crippen LogP contribution is -2.23. The van der Waals surface area contributed by atoms with Crippen LogP contribution in [0.25, 0.3) is 17.1 Å². The number of nitrogens with one attached hydrogen (secondary N) is 1. The molecule has 32 heavy (non-hydrogen) atoms. The molecule has 4 rings (SSSR count). The first-order chi connectivity index (χ1) is 15.4. The minimum Gasteiger partial charge on any atom is -0.507 e. The fourth-order valence-corrected chi connectivity index (χ4v) is 4.14. The van der Waals surface area contributed by atoms with E-state index in [1.54, 1.807) is 18.2 Å². The fraction of sp³-hybridized carbons (Fsp3) is 0.160. The number of benzene rings is 3. The van der Waals surface area contributed by atoms with E-state index in [9.17, 15) is 9.90 Å². The van der Waals surface area contributed by atoms with Crippen molar-refractivity contribution in [3.05, 3.63) is 83.9 Å². The van der Waals surface area contributed by atoms with Gasteiger partial charge < -0.3 is 10.4 Å². The Morgan fingerprint density at radius 2 is 1.66 bits per heavy atom. The van der Waals surface area contributed by atoms with Gasteiger partial charge in [0.05, 0.1) is 10.8 Å². The Labute approximate surface area is 191 Å². The summed E-state index contributed by atoms with van der Waals surface area (Å²) in [4.78, 5) is 12.9. The molecule has 0 aliphatic carbocycles. The molecular weight excluding hydrogens is 420 g/mol. The largest absolute Gasteiger partial charge is 0.507 e. The molecule has 1 aromatic heterocycles. The number of para-hydroxylation sites is 2. The van der Waals surface area contributed by atoms with Crippen LogP contribution in [0.4, 0.5) is 5.69 Å². The number of carbonyl (C=O) groups is 1. The zero-order chi connectivity index (χ0) is 22.7. The van der Waals surface area contributed by atoms with Crippen LogP contribution in [-0.2, 0) is 4.79 Å². The average molecular weight is 445 g/mol. The van der Waals surface area contributed by atoms with Gasteiger partial charge >= 0.3 is 0 Å². The van der Waals surface area contributed by atoms with Crippen molar-refractivity contribution in [3.63, 3.8) is 0 Å². The standard InChI is InChI=1S/C25H24N4O2S/c1-16-12-14-19(15-13-16)29-23(20-9-5-7-11-22(20)30)27-28-25(29)32-18(3)24(31)26-21-10-6-4-8-17(21)2/h4-15,18,30H,1-3H3,(H,26,31)/t18-/m0/s1. The SMILES string of the molecule is Cc1ccc(-n2c(S[C@@H](C)C(=O)Nc3ccccc3C)nnc2-c2ccccc2O)cc1. The molecule has 7 heteroatoms. The smallest absolute Gasteiger partial charge is 0.237 e. The normalized spacial score (nSPS) is 11.8. The molecule has 0 saturated heterocycles. The summed E-state index contributed by atoms with van der Waals surface area (Å²) in [6.45, 7) is 5.82. The van der Waals surface area contributed by atoms with Gasteiger partial charge in [0.2, 0.25) is 5.91 Å². The van der Waals surface area contributed by atoms with Crippen molar-refractivity contribution < 1.29 is 9.90 Å². The Balaban J connectivity index is 1.68. The highest BCUT2D eigenvalue weighted by Crippen LogP contribution is 2.34. The highest BCUT2D eigenvalue weighted by molar-refractivity contribution is 8.00. The van der Waals surface area contributed by atoms with Crippen molar-refractivity contribution in [2.24, 2.45) is 0 Å². The Morgan fingerprint density at radius 3 is 2.38 bits per heavy atom. The summed E-state index contributed by atoms with van der Waals surface area (Å²) in [6.07, 6.45) is 0. The number of aryl methyl sites for hydroxylation is 2. The minimum atomic E-state index is -0.416. The predicted octanol–water partition coefficient (Wildman–Crippen LogP) is 5.38. The molecule has 162 valence electrons. The Kier molecular flexibility index (Phi) is 6.28. The van der Waals surface area contributed by atoms with Gasteiger partial charge in [0.15, 0.2) is 11.0 Å². The first-order valence-electron chi connectivity index (χ1n) is 10.3. The van der Waals surface area contributed by atoms with Gasteiger partial charge in [-0.1, -0.05) is 59.8 Å². The van der Waals surface area contributed by atoms with Gasteiger partial charge in [-0.25, -0.2) is 0 Å². The van der Waals surface area contributed by atoms with E-state index in [1.165, 1.54) is 11.8 Å². The Hall–Kier alpha value is -3.58. The number of aromatic hydroxyl groups is 1. The lowest BCUT2D eigenvalue weighted by molar-refractivity contribution is -0.115. The summed E-state index contributed by atoms with van der Waals surface area (Å²) in [7, 11) is 0. The molecule has 0 fully saturated rings. The molecule has 2 N–H and O–H groups in total. The van der Waals surface area contributed by atoms with Crippen LogP contribution in [0.5, 0.6) is 5.75 Å². The second-order valence-corrected chi connectivity index (χ2v) is 8.87. The van der Waals surface area contributed by atoms with Crippen LogP contribution in [0, 0.1) is 13.8 Å². The Morgan fingerprint density at radius 1 is 0.969 bits per heavy atom. The number of hydrogen-bond donors (Lipinski definition) is 2. The molecular formula is C25H24N4O2S. The van der Waals surface area contributed by atoms with Crippen molar-refractivity contribution in [1.82, 2.24) is 14.8 Å². The first-order valence-corrected chi connectivity index (χ1v) is 11.2. The second-order valence-electron chi connectivity index (χ2n) is 7.56. The zero-order valence-corrected chi connectivity index (χ0v) is 18.9. The van der Waals surface area contributed by atoms with E-state index in [4.69, 9.17) is 0 Å². The van der Waals surface area contributed by atoms with E-state index in [2.05, 4.69) is 15.5 Å². The third-order valence-electron chi connectivity index (χ3n) is 5.12. The summed E-state index contributed by atoms with van der Waals surface area (Å²) in [6, 6.07) is 22.7. The van der Waals surface area contributed by atoms with Crippen molar-refractivity contribution >= 4 is 23.4 Å². The lowest BCUT2D eigenvalue weighted by atomic mass is 10.1. The van der Waals surface area contributed by atoms with Gasteiger partial charge in [-0.2, -0.15) is 0 Å². The molecule has 3 aromatic carbocycles. The maximum atomic E-state index is 12.9. The number of amides is 1. The van der Waals surface area contributed by atoms with Crippen molar-refractivity contribution in [1.29, 1.82) is 0 Å². The van der Waals surface area contributed by atoms with Crippen LogP contribution in [0.2, 0.25) is 0 Å². The monoisotopic (exact) mass is 444 g/mol. The van der Waals surface area contributed by atoms with Gasteiger partial charge in [0, 0.05) is 11.4 Å². The van der Waals surface area contributed by atoms with Gasteiger partial charge in [-0.15, -0.1) is 10.2 Å². The molecule has 0 bridgehead atoms. The molecule has 1 atom stereocenters. The number of thioether (sulfide) groups is 1. The average Bonchev–Trinajstić information content (AvgIpc) is 3.19. The van der Waals surface area contributed by atoms with E-state index in [1.807, 2.05) is 79.9 Å². The van der Waals surface area contributed by atoms with Crippen LogP contribution in [-0.4, -0.2) is 31.0 Å². The van der Waals surface area contributed by atoms with Gasteiger partial charge in [0.1, 0.15) is 5.75 Å². The van der Waals surface area contributed by atoms with Crippen LogP contribution in [0.15, 0.2) is 78.0 Å². The van der Waals surface area contributed by atoms with E-state index in [0.29, 0.717) is 16.5 Å². The van der Waals surface area contributed by atoms with Crippen molar-refractivity contribution in [2.45, 2.75) is 31.2 Å². The highest BCUT2D eigenvalue weighted by atomic mass is 32.2. The topological polar surface area (TPSA) is 80.0 Å². The summed E-state index contributed by atoms with van der Waals surface area (Å²) in [5.41, 5.74) is 4.35. The first kappa shape index (κ1) is 21.6. The van der Waals surface area contributed by atoms with Gasteiger partial charge in [0.25, 0.3) is 0 Å². The number of carbonyl (C=O) groups excluding carboxylic acids is 1.